The number of aliphatic carboxylic acids is 1. The highest BCUT2D eigenvalue weighted by Crippen LogP contribution is 2.47. The number of aliphatic hydroxyl groups is 1. The molecule has 3 aliphatic heterocycles. The summed E-state index contributed by atoms with van der Waals surface area (Å²) in [5.41, 5.74) is 2.35. The summed E-state index contributed by atoms with van der Waals surface area (Å²) >= 11 is 0. The average molecular weight is 362 g/mol. The molecule has 0 aliphatic carbocycles. The first-order valence-corrected chi connectivity index (χ1v) is 9.19. The van der Waals surface area contributed by atoms with E-state index < -0.39 is 23.5 Å². The lowest BCUT2D eigenvalue weighted by atomic mass is 9.81. The van der Waals surface area contributed by atoms with E-state index in [0.717, 1.165) is 17.7 Å². The maximum atomic E-state index is 15.1. The van der Waals surface area contributed by atoms with Crippen LogP contribution in [0.15, 0.2) is 6.07 Å². The minimum absolute atomic E-state index is 0.0575. The quantitative estimate of drug-likeness (QED) is 0.779. The second kappa shape index (κ2) is 6.23. The van der Waals surface area contributed by atoms with Crippen molar-refractivity contribution in [1.82, 2.24) is 0 Å². The van der Waals surface area contributed by atoms with E-state index in [1.54, 1.807) is 0 Å². The highest BCUT2D eigenvalue weighted by Gasteiger charge is 2.43. The van der Waals surface area contributed by atoms with Crippen LogP contribution in [0.1, 0.15) is 43.2 Å². The number of halogens is 1. The van der Waals surface area contributed by atoms with Crippen molar-refractivity contribution in [2.24, 2.45) is 0 Å². The number of hydrogen-bond acceptors (Lipinski definition) is 5. The van der Waals surface area contributed by atoms with Gasteiger partial charge in [0, 0.05) is 35.9 Å². The molecular formula is C19H23FN2O4. The lowest BCUT2D eigenvalue weighted by molar-refractivity contribution is -0.142. The molecule has 0 radical (unpaired) electrons. The molecule has 140 valence electrons. The zero-order chi connectivity index (χ0) is 18.6. The van der Waals surface area contributed by atoms with E-state index in [-0.39, 0.29) is 24.3 Å². The van der Waals surface area contributed by atoms with Gasteiger partial charge in [-0.25, -0.2) is 4.39 Å². The van der Waals surface area contributed by atoms with Gasteiger partial charge in [-0.3, -0.25) is 9.59 Å². The highest BCUT2D eigenvalue weighted by molar-refractivity contribution is 6.09. The first-order chi connectivity index (χ1) is 12.4. The zero-order valence-electron chi connectivity index (χ0n) is 14.7. The van der Waals surface area contributed by atoms with Crippen molar-refractivity contribution in [3.8, 4) is 0 Å². The van der Waals surface area contributed by atoms with E-state index in [0.29, 0.717) is 38.0 Å². The van der Waals surface area contributed by atoms with Gasteiger partial charge in [-0.2, -0.15) is 0 Å². The summed E-state index contributed by atoms with van der Waals surface area (Å²) in [4.78, 5) is 28.0. The number of carboxylic acid groups (broad SMARTS) is 1. The van der Waals surface area contributed by atoms with Gasteiger partial charge in [0.25, 0.3) is 0 Å². The molecule has 3 heterocycles. The van der Waals surface area contributed by atoms with Crippen LogP contribution in [-0.4, -0.2) is 53.7 Å². The van der Waals surface area contributed by atoms with Crippen LogP contribution in [-0.2, 0) is 16.0 Å². The molecule has 1 aromatic rings. The number of hydrogen-bond donors (Lipinski definition) is 2. The molecule has 0 amide bonds. The van der Waals surface area contributed by atoms with Gasteiger partial charge in [0.1, 0.15) is 11.7 Å². The second-order valence-electron chi connectivity index (χ2n) is 7.59. The van der Waals surface area contributed by atoms with E-state index in [1.807, 2.05) is 16.7 Å². The van der Waals surface area contributed by atoms with Gasteiger partial charge >= 0.3 is 5.97 Å². The maximum Gasteiger partial charge on any atom is 0.318 e. The largest absolute Gasteiger partial charge is 0.480 e. The van der Waals surface area contributed by atoms with E-state index in [2.05, 4.69) is 0 Å². The van der Waals surface area contributed by atoms with Crippen LogP contribution in [0, 0.1) is 5.82 Å². The number of piperidine rings is 1. The van der Waals surface area contributed by atoms with Crippen molar-refractivity contribution in [3.05, 3.63) is 23.0 Å². The Bertz CT molecular complexity index is 773. The van der Waals surface area contributed by atoms with Gasteiger partial charge in [-0.15, -0.1) is 0 Å². The summed E-state index contributed by atoms with van der Waals surface area (Å²) in [7, 11) is 0. The average Bonchev–Trinajstić information content (AvgIpc) is 2.58. The predicted molar refractivity (Wildman–Crippen MR) is 94.4 cm³/mol. The number of carbonyl (C=O) groups excluding carboxylic acids is 1. The molecular weight excluding hydrogens is 339 g/mol. The highest BCUT2D eigenvalue weighted by atomic mass is 19.1. The molecule has 1 unspecified atom stereocenters. The Morgan fingerprint density at radius 2 is 1.92 bits per heavy atom. The molecule has 4 rings (SSSR count). The second-order valence-corrected chi connectivity index (χ2v) is 7.59. The van der Waals surface area contributed by atoms with Crippen molar-refractivity contribution in [2.45, 2.75) is 50.7 Å². The lowest BCUT2D eigenvalue weighted by Gasteiger charge is -2.44. The Hall–Kier alpha value is -2.15. The van der Waals surface area contributed by atoms with E-state index >= 15 is 4.39 Å². The molecule has 7 heteroatoms. The fourth-order valence-corrected chi connectivity index (χ4v) is 4.60. The molecule has 1 fully saturated rings. The minimum atomic E-state index is -1.29. The normalized spacial score (nSPS) is 26.0. The molecule has 1 saturated heterocycles. The van der Waals surface area contributed by atoms with Crippen LogP contribution in [0.3, 0.4) is 0 Å². The van der Waals surface area contributed by atoms with E-state index in [4.69, 9.17) is 0 Å². The number of carboxylic acids is 1. The number of ketones is 1. The monoisotopic (exact) mass is 362 g/mol. The number of rotatable bonds is 2. The van der Waals surface area contributed by atoms with Gasteiger partial charge in [0.05, 0.1) is 18.3 Å². The predicted octanol–water partition coefficient (Wildman–Crippen LogP) is 1.68. The van der Waals surface area contributed by atoms with Crippen LogP contribution >= 0.6 is 0 Å². The number of Topliss-reactive ketones (excluding diaryl/α,β-unsaturated/α-hetero) is 1. The Morgan fingerprint density at radius 3 is 2.58 bits per heavy atom. The topological polar surface area (TPSA) is 81.1 Å². The van der Waals surface area contributed by atoms with Crippen molar-refractivity contribution in [1.29, 1.82) is 0 Å². The third kappa shape index (κ3) is 2.57. The van der Waals surface area contributed by atoms with Gasteiger partial charge in [-0.1, -0.05) is 0 Å². The Kier molecular flexibility index (Phi) is 4.14. The van der Waals surface area contributed by atoms with Crippen LogP contribution < -0.4 is 9.80 Å². The van der Waals surface area contributed by atoms with Gasteiger partial charge < -0.3 is 20.0 Å². The molecule has 0 saturated carbocycles. The molecule has 6 nitrogen and oxygen atoms in total. The molecule has 1 aromatic carbocycles. The number of nitrogens with zero attached hydrogens (tertiary/aromatic N) is 2. The van der Waals surface area contributed by atoms with Crippen LogP contribution in [0.5, 0.6) is 0 Å². The number of aliphatic hydroxyl groups excluding tert-OH is 1. The van der Waals surface area contributed by atoms with Crippen molar-refractivity contribution < 1.29 is 24.2 Å². The molecule has 0 spiro atoms. The van der Waals surface area contributed by atoms with Crippen molar-refractivity contribution in [2.75, 3.05) is 29.4 Å². The molecule has 2 N–H and O–H groups in total. The summed E-state index contributed by atoms with van der Waals surface area (Å²) in [6, 6.07) is 1.36. The van der Waals surface area contributed by atoms with Gasteiger partial charge in [-0.05, 0) is 38.7 Å². The maximum absolute atomic E-state index is 15.1. The van der Waals surface area contributed by atoms with Crippen LogP contribution in [0.25, 0.3) is 0 Å². The number of anilines is 2. The summed E-state index contributed by atoms with van der Waals surface area (Å²) in [6.45, 7) is 3.21. The summed E-state index contributed by atoms with van der Waals surface area (Å²) in [5, 5.41) is 19.3. The van der Waals surface area contributed by atoms with E-state index in [1.165, 1.54) is 6.07 Å². The molecule has 0 bridgehead atoms. The standard InChI is InChI=1S/C19H23FN2O4/c1-10-2-3-12-17-13(16(19(25)26)15(24)9-22(10)17)8-14(20)18(12)21-6-4-11(23)5-7-21/h8,10-11,16,23H,2-7,9H2,1H3,(H,25,26)/t10-,16?/m0/s1. The van der Waals surface area contributed by atoms with Gasteiger partial charge in [0.2, 0.25) is 0 Å². The van der Waals surface area contributed by atoms with E-state index in [9.17, 15) is 19.8 Å². The molecule has 26 heavy (non-hydrogen) atoms. The summed E-state index contributed by atoms with van der Waals surface area (Å²) in [5.74, 6) is -3.37. The smallest absolute Gasteiger partial charge is 0.318 e. The first-order valence-electron chi connectivity index (χ1n) is 9.19. The minimum Gasteiger partial charge on any atom is -0.480 e. The fraction of sp³-hybridized carbons (Fsp3) is 0.579. The van der Waals surface area contributed by atoms with Gasteiger partial charge in [0.15, 0.2) is 5.78 Å². The molecule has 2 atom stereocenters. The number of carbonyl (C=O) groups is 2. The third-order valence-electron chi connectivity index (χ3n) is 5.97. The SMILES string of the molecule is C[C@H]1CCc2c(N3CCC(O)CC3)c(F)cc3c2N1CC(=O)C3C(=O)O. The van der Waals surface area contributed by atoms with Crippen LogP contribution in [0.4, 0.5) is 15.8 Å². The first kappa shape index (κ1) is 17.3. The zero-order valence-corrected chi connectivity index (χ0v) is 14.7. The van der Waals surface area contributed by atoms with Crippen LogP contribution in [0.2, 0.25) is 0 Å². The lowest BCUT2D eigenvalue weighted by Crippen LogP contribution is -2.48. The third-order valence-corrected chi connectivity index (χ3v) is 5.97. The molecule has 0 aromatic heterocycles. The summed E-state index contributed by atoms with van der Waals surface area (Å²) in [6.07, 6.45) is 2.28. The fourth-order valence-electron chi connectivity index (χ4n) is 4.60. The van der Waals surface area contributed by atoms with Crippen molar-refractivity contribution >= 4 is 23.1 Å². The summed E-state index contributed by atoms with van der Waals surface area (Å²) < 4.78 is 15.1. The molecule has 3 aliphatic rings. The Balaban J connectivity index is 1.88. The number of benzene rings is 1. The van der Waals surface area contributed by atoms with Crippen molar-refractivity contribution in [3.63, 3.8) is 0 Å². The Labute approximate surface area is 151 Å². The Morgan fingerprint density at radius 1 is 1.23 bits per heavy atom.